The first kappa shape index (κ1) is 19.0. The number of benzene rings is 2. The third-order valence-electron chi connectivity index (χ3n) is 3.86. The van der Waals surface area contributed by atoms with Gasteiger partial charge in [0.25, 0.3) is 5.91 Å². The first-order valence-electron chi connectivity index (χ1n) is 8.10. The molecule has 6 heteroatoms. The van der Waals surface area contributed by atoms with E-state index in [9.17, 15) is 13.2 Å². The van der Waals surface area contributed by atoms with E-state index in [1.54, 1.807) is 30.0 Å². The lowest BCUT2D eigenvalue weighted by molar-refractivity contribution is 0.0690. The van der Waals surface area contributed by atoms with Crippen molar-refractivity contribution in [1.29, 1.82) is 0 Å². The molecule has 1 amide bonds. The Kier molecular flexibility index (Phi) is 5.85. The van der Waals surface area contributed by atoms with Crippen molar-refractivity contribution >= 4 is 21.6 Å². The monoisotopic (exact) mass is 360 g/mol. The molecule has 0 unspecified atom stereocenters. The fraction of sp³-hybridized carbons (Fsp3) is 0.316. The normalized spacial score (nSPS) is 11.4. The van der Waals surface area contributed by atoms with Crippen LogP contribution in [0.25, 0.3) is 0 Å². The van der Waals surface area contributed by atoms with Gasteiger partial charge in [0.1, 0.15) is 0 Å². The summed E-state index contributed by atoms with van der Waals surface area (Å²) in [6.45, 7) is 6.22. The Morgan fingerprint density at radius 3 is 2.32 bits per heavy atom. The van der Waals surface area contributed by atoms with Crippen LogP contribution in [0.2, 0.25) is 0 Å². The summed E-state index contributed by atoms with van der Waals surface area (Å²) in [6.07, 6.45) is 1.09. The number of nitrogens with one attached hydrogen (secondary N) is 1. The van der Waals surface area contributed by atoms with Crippen LogP contribution in [0.15, 0.2) is 48.5 Å². The lowest BCUT2D eigenvalue weighted by Gasteiger charge is -2.27. The van der Waals surface area contributed by atoms with Crippen LogP contribution >= 0.6 is 0 Å². The molecule has 0 atom stereocenters. The van der Waals surface area contributed by atoms with Gasteiger partial charge in [-0.15, -0.1) is 0 Å². The second kappa shape index (κ2) is 7.70. The number of amides is 1. The Morgan fingerprint density at radius 1 is 1.12 bits per heavy atom. The zero-order valence-electron chi connectivity index (χ0n) is 15.0. The quantitative estimate of drug-likeness (QED) is 0.858. The molecule has 2 rings (SSSR count). The average molecular weight is 360 g/mol. The number of aryl methyl sites for hydroxylation is 1. The van der Waals surface area contributed by atoms with Crippen molar-refractivity contribution in [1.82, 2.24) is 4.90 Å². The molecule has 5 nitrogen and oxygen atoms in total. The Balaban J connectivity index is 2.31. The van der Waals surface area contributed by atoms with Gasteiger partial charge in [0.15, 0.2) is 0 Å². The maximum atomic E-state index is 13.0. The van der Waals surface area contributed by atoms with Crippen LogP contribution in [0.4, 0.5) is 5.69 Å². The van der Waals surface area contributed by atoms with Crippen molar-refractivity contribution in [2.24, 2.45) is 0 Å². The predicted molar refractivity (Wildman–Crippen MR) is 101 cm³/mol. The maximum Gasteiger partial charge on any atom is 0.254 e. The number of anilines is 1. The largest absolute Gasteiger partial charge is 0.332 e. The Bertz CT molecular complexity index is 846. The standard InChI is InChI=1S/C19H24N2O3S/c1-14(2)21(13-16-8-6-5-7-9-16)19(22)17-11-10-15(3)18(12-17)20-25(4,23)24/h5-12,14,20H,13H2,1-4H3. The van der Waals surface area contributed by atoms with E-state index >= 15 is 0 Å². The van der Waals surface area contributed by atoms with Crippen molar-refractivity contribution < 1.29 is 13.2 Å². The fourth-order valence-electron chi connectivity index (χ4n) is 2.50. The van der Waals surface area contributed by atoms with E-state index in [0.29, 0.717) is 17.8 Å². The van der Waals surface area contributed by atoms with Crippen molar-refractivity contribution in [3.63, 3.8) is 0 Å². The van der Waals surface area contributed by atoms with Crippen molar-refractivity contribution in [3.8, 4) is 0 Å². The van der Waals surface area contributed by atoms with Gasteiger partial charge in [-0.1, -0.05) is 36.4 Å². The van der Waals surface area contributed by atoms with Crippen LogP contribution < -0.4 is 4.72 Å². The van der Waals surface area contributed by atoms with Gasteiger partial charge < -0.3 is 4.90 Å². The molecule has 0 aliphatic carbocycles. The molecule has 1 N–H and O–H groups in total. The van der Waals surface area contributed by atoms with Crippen LogP contribution in [0.1, 0.15) is 35.3 Å². The molecule has 134 valence electrons. The zero-order valence-corrected chi connectivity index (χ0v) is 15.8. The summed E-state index contributed by atoms with van der Waals surface area (Å²) in [7, 11) is -3.40. The molecule has 2 aromatic rings. The van der Waals surface area contributed by atoms with Gasteiger partial charge in [0.2, 0.25) is 10.0 Å². The van der Waals surface area contributed by atoms with Crippen LogP contribution in [-0.2, 0) is 16.6 Å². The van der Waals surface area contributed by atoms with Gasteiger partial charge in [-0.3, -0.25) is 9.52 Å². The number of nitrogens with zero attached hydrogens (tertiary/aromatic N) is 1. The lowest BCUT2D eigenvalue weighted by Crippen LogP contribution is -2.36. The van der Waals surface area contributed by atoms with Gasteiger partial charge in [-0.05, 0) is 44.0 Å². The van der Waals surface area contributed by atoms with Gasteiger partial charge in [-0.25, -0.2) is 8.42 Å². The minimum Gasteiger partial charge on any atom is -0.332 e. The summed E-state index contributed by atoms with van der Waals surface area (Å²) in [5.74, 6) is -0.129. The molecule has 0 aromatic heterocycles. The highest BCUT2D eigenvalue weighted by Crippen LogP contribution is 2.21. The number of sulfonamides is 1. The summed E-state index contributed by atoms with van der Waals surface area (Å²) < 4.78 is 25.5. The molecule has 0 saturated heterocycles. The first-order chi connectivity index (χ1) is 11.7. The lowest BCUT2D eigenvalue weighted by atomic mass is 10.1. The molecule has 0 aliphatic rings. The van der Waals surface area contributed by atoms with Crippen LogP contribution in [0, 0.1) is 6.92 Å². The van der Waals surface area contributed by atoms with E-state index in [2.05, 4.69) is 4.72 Å². The Morgan fingerprint density at radius 2 is 1.76 bits per heavy atom. The van der Waals surface area contributed by atoms with Crippen molar-refractivity contribution in [2.45, 2.75) is 33.4 Å². The summed E-state index contributed by atoms with van der Waals surface area (Å²) in [4.78, 5) is 14.7. The highest BCUT2D eigenvalue weighted by molar-refractivity contribution is 7.92. The second-order valence-corrected chi connectivity index (χ2v) is 8.16. The van der Waals surface area contributed by atoms with Gasteiger partial charge in [0.05, 0.1) is 11.9 Å². The summed E-state index contributed by atoms with van der Waals surface area (Å²) in [5, 5.41) is 0. The Labute approximate surface area is 149 Å². The van der Waals surface area contributed by atoms with E-state index in [1.807, 2.05) is 44.2 Å². The van der Waals surface area contributed by atoms with E-state index in [-0.39, 0.29) is 11.9 Å². The number of hydrogen-bond donors (Lipinski definition) is 1. The van der Waals surface area contributed by atoms with Gasteiger partial charge >= 0.3 is 0 Å². The van der Waals surface area contributed by atoms with E-state index < -0.39 is 10.0 Å². The third kappa shape index (κ3) is 5.32. The van der Waals surface area contributed by atoms with E-state index in [1.165, 1.54) is 0 Å². The van der Waals surface area contributed by atoms with Crippen LogP contribution in [-0.4, -0.2) is 31.5 Å². The molecule has 0 fully saturated rings. The van der Waals surface area contributed by atoms with Crippen molar-refractivity contribution in [2.75, 3.05) is 11.0 Å². The Hall–Kier alpha value is -2.34. The number of carbonyl (C=O) groups excluding carboxylic acids is 1. The molecule has 0 spiro atoms. The minimum absolute atomic E-state index is 0.0142. The van der Waals surface area contributed by atoms with Crippen LogP contribution in [0.3, 0.4) is 0 Å². The molecule has 0 bridgehead atoms. The molecule has 2 aromatic carbocycles. The SMILES string of the molecule is Cc1ccc(C(=O)N(Cc2ccccc2)C(C)C)cc1NS(C)(=O)=O. The molecular formula is C19H24N2O3S. The minimum atomic E-state index is -3.40. The summed E-state index contributed by atoms with van der Waals surface area (Å²) >= 11 is 0. The molecule has 0 heterocycles. The number of hydrogen-bond acceptors (Lipinski definition) is 3. The second-order valence-electron chi connectivity index (χ2n) is 6.42. The highest BCUT2D eigenvalue weighted by atomic mass is 32.2. The van der Waals surface area contributed by atoms with Crippen LogP contribution in [0.5, 0.6) is 0 Å². The molecule has 0 aliphatic heterocycles. The first-order valence-corrected chi connectivity index (χ1v) is 10.00. The summed E-state index contributed by atoms with van der Waals surface area (Å²) in [5.41, 5.74) is 2.70. The molecule has 0 saturated carbocycles. The number of rotatable bonds is 6. The average Bonchev–Trinajstić information content (AvgIpc) is 2.53. The van der Waals surface area contributed by atoms with Crippen molar-refractivity contribution in [3.05, 3.63) is 65.2 Å². The maximum absolute atomic E-state index is 13.0. The van der Waals surface area contributed by atoms with Gasteiger partial charge in [-0.2, -0.15) is 0 Å². The molecule has 0 radical (unpaired) electrons. The van der Waals surface area contributed by atoms with E-state index in [4.69, 9.17) is 0 Å². The smallest absolute Gasteiger partial charge is 0.254 e. The fourth-order valence-corrected chi connectivity index (χ4v) is 3.12. The predicted octanol–water partition coefficient (Wildman–Crippen LogP) is 3.42. The molecule has 25 heavy (non-hydrogen) atoms. The van der Waals surface area contributed by atoms with E-state index in [0.717, 1.165) is 17.4 Å². The zero-order chi connectivity index (χ0) is 18.6. The van der Waals surface area contributed by atoms with Gasteiger partial charge in [0, 0.05) is 18.2 Å². The third-order valence-corrected chi connectivity index (χ3v) is 4.45. The summed E-state index contributed by atoms with van der Waals surface area (Å²) in [6, 6.07) is 14.9. The number of carbonyl (C=O) groups is 1. The topological polar surface area (TPSA) is 66.5 Å². The highest BCUT2D eigenvalue weighted by Gasteiger charge is 2.20. The molecular weight excluding hydrogens is 336 g/mol.